The quantitative estimate of drug-likeness (QED) is 0.858. The van der Waals surface area contributed by atoms with E-state index in [1.54, 1.807) is 0 Å². The van der Waals surface area contributed by atoms with E-state index in [2.05, 4.69) is 53.8 Å². The first-order valence-electron chi connectivity index (χ1n) is 9.24. The normalized spacial score (nSPS) is 30.4. The Bertz CT molecular complexity index is 624. The van der Waals surface area contributed by atoms with Crippen LogP contribution in [0.25, 0.3) is 0 Å². The first kappa shape index (κ1) is 15.6. The molecule has 4 unspecified atom stereocenters. The van der Waals surface area contributed by atoms with Gasteiger partial charge in [-0.15, -0.1) is 0 Å². The van der Waals surface area contributed by atoms with Gasteiger partial charge in [-0.2, -0.15) is 0 Å². The van der Waals surface area contributed by atoms with Gasteiger partial charge in [-0.25, -0.2) is 0 Å². The molecule has 2 aromatic carbocycles. The Morgan fingerprint density at radius 3 is 1.58 bits per heavy atom. The zero-order valence-electron chi connectivity index (χ0n) is 14.0. The van der Waals surface area contributed by atoms with Crippen LogP contribution in [-0.4, -0.2) is 5.78 Å². The summed E-state index contributed by atoms with van der Waals surface area (Å²) >= 11 is 0. The lowest BCUT2D eigenvalue weighted by molar-refractivity contribution is -0.133. The zero-order valence-corrected chi connectivity index (χ0v) is 14.0. The maximum atomic E-state index is 13.3. The molecule has 2 aliphatic rings. The molecule has 4 atom stereocenters. The smallest absolute Gasteiger partial charge is 0.142 e. The van der Waals surface area contributed by atoms with Gasteiger partial charge in [0.05, 0.1) is 0 Å². The van der Waals surface area contributed by atoms with E-state index in [1.807, 2.05) is 12.1 Å². The summed E-state index contributed by atoms with van der Waals surface area (Å²) in [6.45, 7) is 0. The number of piperidine rings is 1. The highest BCUT2D eigenvalue weighted by Crippen LogP contribution is 2.43. The average Bonchev–Trinajstić information content (AvgIpc) is 2.64. The van der Waals surface area contributed by atoms with Crippen LogP contribution in [0.2, 0.25) is 0 Å². The monoisotopic (exact) mass is 319 g/mol. The average molecular weight is 319 g/mol. The predicted molar refractivity (Wildman–Crippen MR) is 96.6 cm³/mol. The molecule has 124 valence electrons. The van der Waals surface area contributed by atoms with Crippen molar-refractivity contribution in [1.29, 1.82) is 0 Å². The van der Waals surface area contributed by atoms with E-state index < -0.39 is 0 Å². The Morgan fingerprint density at radius 2 is 1.12 bits per heavy atom. The number of carbonyl (C=O) groups excluding carboxylic acids is 1. The predicted octanol–water partition coefficient (Wildman–Crippen LogP) is 4.84. The molecule has 1 saturated carbocycles. The number of hydrogen-bond donors (Lipinski definition) is 1. The summed E-state index contributed by atoms with van der Waals surface area (Å²) in [6.07, 6.45) is 5.63. The Kier molecular flexibility index (Phi) is 4.48. The van der Waals surface area contributed by atoms with Crippen molar-refractivity contribution in [2.24, 2.45) is 11.8 Å². The van der Waals surface area contributed by atoms with Gasteiger partial charge in [-0.1, -0.05) is 79.9 Å². The molecule has 4 rings (SSSR count). The fourth-order valence-electron chi connectivity index (χ4n) is 4.53. The zero-order chi connectivity index (χ0) is 16.4. The maximum absolute atomic E-state index is 13.3. The van der Waals surface area contributed by atoms with Crippen molar-refractivity contribution in [2.75, 3.05) is 0 Å². The van der Waals surface area contributed by atoms with Gasteiger partial charge in [0.1, 0.15) is 5.78 Å². The highest BCUT2D eigenvalue weighted by atomic mass is 16.1. The van der Waals surface area contributed by atoms with Crippen molar-refractivity contribution in [2.45, 2.75) is 44.2 Å². The Morgan fingerprint density at radius 1 is 0.667 bits per heavy atom. The molecular formula is C22H25NO. The lowest BCUT2D eigenvalue weighted by Gasteiger charge is -2.43. The molecule has 0 aromatic heterocycles. The number of benzene rings is 2. The first-order valence-corrected chi connectivity index (χ1v) is 9.24. The largest absolute Gasteiger partial charge is 0.302 e. The summed E-state index contributed by atoms with van der Waals surface area (Å²) in [4.78, 5) is 13.3. The van der Waals surface area contributed by atoms with Gasteiger partial charge in [0.15, 0.2) is 0 Å². The van der Waals surface area contributed by atoms with Crippen LogP contribution in [-0.2, 0) is 4.79 Å². The van der Waals surface area contributed by atoms with Gasteiger partial charge >= 0.3 is 0 Å². The molecule has 2 heteroatoms. The van der Waals surface area contributed by atoms with Crippen molar-refractivity contribution in [3.8, 4) is 0 Å². The van der Waals surface area contributed by atoms with E-state index in [1.165, 1.54) is 30.4 Å². The summed E-state index contributed by atoms with van der Waals surface area (Å²) in [6, 6.07) is 21.3. The summed E-state index contributed by atoms with van der Waals surface area (Å²) < 4.78 is 0. The number of Topliss-reactive ketones (excluding diaryl/α,β-unsaturated/α-hetero) is 1. The lowest BCUT2D eigenvalue weighted by atomic mass is 9.70. The third-order valence-electron chi connectivity index (χ3n) is 5.74. The topological polar surface area (TPSA) is 29.1 Å². The van der Waals surface area contributed by atoms with Crippen LogP contribution in [0.3, 0.4) is 0 Å². The molecular weight excluding hydrogens is 294 g/mol. The van der Waals surface area contributed by atoms with Crippen molar-refractivity contribution in [1.82, 2.24) is 5.32 Å². The molecule has 1 aliphatic heterocycles. The molecule has 1 heterocycles. The highest BCUT2D eigenvalue weighted by Gasteiger charge is 2.44. The number of fused-ring (bicyclic) bond motifs is 2. The Hall–Kier alpha value is -1.93. The molecule has 1 aliphatic carbocycles. The number of carbonyl (C=O) groups is 1. The minimum absolute atomic E-state index is 0.123. The van der Waals surface area contributed by atoms with E-state index in [-0.39, 0.29) is 23.9 Å². The molecule has 1 N–H and O–H groups in total. The van der Waals surface area contributed by atoms with Crippen molar-refractivity contribution in [3.05, 3.63) is 71.8 Å². The molecule has 2 fully saturated rings. The fraction of sp³-hybridized carbons (Fsp3) is 0.409. The molecule has 0 amide bonds. The fourth-order valence-corrected chi connectivity index (χ4v) is 4.53. The van der Waals surface area contributed by atoms with E-state index in [4.69, 9.17) is 0 Å². The maximum Gasteiger partial charge on any atom is 0.142 e. The Labute approximate surface area is 144 Å². The molecule has 2 bridgehead atoms. The third kappa shape index (κ3) is 2.91. The minimum Gasteiger partial charge on any atom is -0.302 e. The van der Waals surface area contributed by atoms with Gasteiger partial charge in [0.25, 0.3) is 0 Å². The molecule has 0 spiro atoms. The number of nitrogens with one attached hydrogen (secondary N) is 1. The lowest BCUT2D eigenvalue weighted by Crippen LogP contribution is -2.49. The van der Waals surface area contributed by atoms with Crippen LogP contribution in [0, 0.1) is 11.8 Å². The summed E-state index contributed by atoms with van der Waals surface area (Å²) in [5, 5.41) is 3.87. The highest BCUT2D eigenvalue weighted by molar-refractivity contribution is 5.86. The van der Waals surface area contributed by atoms with E-state index in [0.29, 0.717) is 5.78 Å². The third-order valence-corrected chi connectivity index (χ3v) is 5.74. The SMILES string of the molecule is O=C1C2CCCCCC1C(c1ccccc1)NC2c1ccccc1. The van der Waals surface area contributed by atoms with E-state index >= 15 is 0 Å². The van der Waals surface area contributed by atoms with Crippen molar-refractivity contribution >= 4 is 5.78 Å². The second kappa shape index (κ2) is 6.90. The van der Waals surface area contributed by atoms with Gasteiger partial charge in [-0.3, -0.25) is 4.79 Å². The van der Waals surface area contributed by atoms with E-state index in [9.17, 15) is 4.79 Å². The summed E-state index contributed by atoms with van der Waals surface area (Å²) in [7, 11) is 0. The standard InChI is InChI=1S/C22H25NO/c24-22-18-14-8-3-9-15-19(22)21(17-12-6-2-7-13-17)23-20(18)16-10-4-1-5-11-16/h1-2,4-7,10-13,18-21,23H,3,8-9,14-15H2. The van der Waals surface area contributed by atoms with Crippen LogP contribution >= 0.6 is 0 Å². The first-order chi connectivity index (χ1) is 11.8. The Balaban J connectivity index is 1.73. The number of rotatable bonds is 2. The molecule has 2 nitrogen and oxygen atoms in total. The van der Waals surface area contributed by atoms with Crippen LogP contribution in [0.15, 0.2) is 60.7 Å². The van der Waals surface area contributed by atoms with Crippen molar-refractivity contribution < 1.29 is 4.79 Å². The molecule has 2 aromatic rings. The van der Waals surface area contributed by atoms with E-state index in [0.717, 1.165) is 12.8 Å². The summed E-state index contributed by atoms with van der Waals surface area (Å²) in [5.74, 6) is 0.728. The number of ketones is 1. The van der Waals surface area contributed by atoms with Crippen LogP contribution in [0.5, 0.6) is 0 Å². The van der Waals surface area contributed by atoms with Gasteiger partial charge in [0, 0.05) is 23.9 Å². The molecule has 1 saturated heterocycles. The minimum atomic E-state index is 0.123. The van der Waals surface area contributed by atoms with Crippen LogP contribution < -0.4 is 5.32 Å². The summed E-state index contributed by atoms with van der Waals surface area (Å²) in [5.41, 5.74) is 2.49. The molecule has 0 radical (unpaired) electrons. The van der Waals surface area contributed by atoms with Gasteiger partial charge < -0.3 is 5.32 Å². The van der Waals surface area contributed by atoms with Gasteiger partial charge in [-0.05, 0) is 24.0 Å². The second-order valence-electron chi connectivity index (χ2n) is 7.20. The van der Waals surface area contributed by atoms with Crippen LogP contribution in [0.1, 0.15) is 55.3 Å². The second-order valence-corrected chi connectivity index (χ2v) is 7.20. The van der Waals surface area contributed by atoms with Crippen LogP contribution in [0.4, 0.5) is 0 Å². The van der Waals surface area contributed by atoms with Crippen molar-refractivity contribution in [3.63, 3.8) is 0 Å². The number of hydrogen-bond acceptors (Lipinski definition) is 2. The molecule has 24 heavy (non-hydrogen) atoms. The van der Waals surface area contributed by atoms with Gasteiger partial charge in [0.2, 0.25) is 0 Å².